The number of rotatable bonds is 3. The molecule has 2 atom stereocenters. The van der Waals surface area contributed by atoms with Gasteiger partial charge in [0.1, 0.15) is 5.75 Å². The van der Waals surface area contributed by atoms with E-state index in [0.717, 1.165) is 38.1 Å². The van der Waals surface area contributed by atoms with E-state index in [1.165, 1.54) is 6.07 Å². The molecular weight excluding hydrogens is 264 g/mol. The third kappa shape index (κ3) is 3.46. The van der Waals surface area contributed by atoms with Crippen molar-refractivity contribution in [1.29, 1.82) is 0 Å². The van der Waals surface area contributed by atoms with Gasteiger partial charge in [-0.25, -0.2) is 8.78 Å². The van der Waals surface area contributed by atoms with Crippen molar-refractivity contribution in [2.75, 3.05) is 13.1 Å². The number of carbonyl (C=O) groups is 1. The zero-order valence-electron chi connectivity index (χ0n) is 11.7. The standard InChI is InChI=1S/C15H19F2NO2/c1-10-4-3-7-18(9-10)15(19)11(2)20-12-5-6-13(16)14(17)8-12/h5-6,8,10-11H,3-4,7,9H2,1-2H3. The Balaban J connectivity index is 1.98. The van der Waals surface area contributed by atoms with Crippen molar-refractivity contribution in [3.05, 3.63) is 29.8 Å². The van der Waals surface area contributed by atoms with Crippen molar-refractivity contribution < 1.29 is 18.3 Å². The molecule has 0 saturated carbocycles. The molecule has 0 radical (unpaired) electrons. The minimum absolute atomic E-state index is 0.110. The Kier molecular flexibility index (Phi) is 4.57. The molecule has 0 N–H and O–H groups in total. The first kappa shape index (κ1) is 14.8. The Hall–Kier alpha value is -1.65. The van der Waals surface area contributed by atoms with Crippen LogP contribution in [-0.2, 0) is 4.79 Å². The number of hydrogen-bond acceptors (Lipinski definition) is 2. The highest BCUT2D eigenvalue weighted by Crippen LogP contribution is 2.20. The van der Waals surface area contributed by atoms with Crippen LogP contribution in [0.4, 0.5) is 8.78 Å². The summed E-state index contributed by atoms with van der Waals surface area (Å²) < 4.78 is 31.3. The first-order valence-corrected chi connectivity index (χ1v) is 6.88. The summed E-state index contributed by atoms with van der Waals surface area (Å²) in [6, 6.07) is 3.27. The molecule has 0 bridgehead atoms. The van der Waals surface area contributed by atoms with Crippen molar-refractivity contribution in [2.24, 2.45) is 5.92 Å². The summed E-state index contributed by atoms with van der Waals surface area (Å²) in [4.78, 5) is 14.0. The van der Waals surface area contributed by atoms with E-state index in [1.54, 1.807) is 11.8 Å². The van der Waals surface area contributed by atoms with Crippen molar-refractivity contribution in [3.63, 3.8) is 0 Å². The second-order valence-corrected chi connectivity index (χ2v) is 5.37. The number of ether oxygens (including phenoxy) is 1. The van der Waals surface area contributed by atoms with Crippen LogP contribution in [0, 0.1) is 17.6 Å². The van der Waals surface area contributed by atoms with Crippen LogP contribution >= 0.6 is 0 Å². The smallest absolute Gasteiger partial charge is 0.263 e. The molecule has 1 fully saturated rings. The zero-order chi connectivity index (χ0) is 14.7. The first-order valence-electron chi connectivity index (χ1n) is 6.88. The molecular formula is C15H19F2NO2. The fourth-order valence-corrected chi connectivity index (χ4v) is 2.45. The van der Waals surface area contributed by atoms with Gasteiger partial charge in [-0.05, 0) is 37.8 Å². The van der Waals surface area contributed by atoms with Crippen LogP contribution in [0.1, 0.15) is 26.7 Å². The molecule has 5 heteroatoms. The number of halogens is 2. The van der Waals surface area contributed by atoms with Crippen molar-refractivity contribution in [2.45, 2.75) is 32.8 Å². The van der Waals surface area contributed by atoms with Gasteiger partial charge in [0.2, 0.25) is 0 Å². The molecule has 0 spiro atoms. The number of piperidine rings is 1. The highest BCUT2D eigenvalue weighted by atomic mass is 19.2. The summed E-state index contributed by atoms with van der Waals surface area (Å²) >= 11 is 0. The van der Waals surface area contributed by atoms with Crippen LogP contribution in [0.25, 0.3) is 0 Å². The number of likely N-dealkylation sites (tertiary alicyclic amines) is 1. The quantitative estimate of drug-likeness (QED) is 0.853. The van der Waals surface area contributed by atoms with Gasteiger partial charge in [0.05, 0.1) is 0 Å². The lowest BCUT2D eigenvalue weighted by atomic mass is 10.00. The minimum atomic E-state index is -0.978. The summed E-state index contributed by atoms with van der Waals surface area (Å²) in [7, 11) is 0. The molecule has 20 heavy (non-hydrogen) atoms. The van der Waals surface area contributed by atoms with Gasteiger partial charge in [-0.15, -0.1) is 0 Å². The van der Waals surface area contributed by atoms with Gasteiger partial charge in [0, 0.05) is 19.2 Å². The van der Waals surface area contributed by atoms with Crippen LogP contribution in [-0.4, -0.2) is 30.0 Å². The summed E-state index contributed by atoms with van der Waals surface area (Å²) in [5, 5.41) is 0. The fraction of sp³-hybridized carbons (Fsp3) is 0.533. The summed E-state index contributed by atoms with van der Waals surface area (Å²) in [6.45, 7) is 5.20. The van der Waals surface area contributed by atoms with Gasteiger partial charge in [0.15, 0.2) is 17.7 Å². The molecule has 1 heterocycles. The Morgan fingerprint density at radius 1 is 1.40 bits per heavy atom. The third-order valence-corrected chi connectivity index (χ3v) is 3.52. The highest BCUT2D eigenvalue weighted by Gasteiger charge is 2.26. The van der Waals surface area contributed by atoms with Crippen LogP contribution in [0.3, 0.4) is 0 Å². The SMILES string of the molecule is CC1CCCN(C(=O)C(C)Oc2ccc(F)c(F)c2)C1. The lowest BCUT2D eigenvalue weighted by molar-refractivity contribution is -0.139. The molecule has 1 aromatic rings. The van der Waals surface area contributed by atoms with Crippen molar-refractivity contribution in [3.8, 4) is 5.75 Å². The lowest BCUT2D eigenvalue weighted by Gasteiger charge is -2.32. The van der Waals surface area contributed by atoms with E-state index < -0.39 is 17.7 Å². The summed E-state index contributed by atoms with van der Waals surface area (Å²) in [5.74, 6) is -1.37. The Morgan fingerprint density at radius 2 is 2.15 bits per heavy atom. The van der Waals surface area contributed by atoms with Crippen molar-refractivity contribution in [1.82, 2.24) is 4.90 Å². The topological polar surface area (TPSA) is 29.5 Å². The van der Waals surface area contributed by atoms with Crippen LogP contribution in [0.15, 0.2) is 18.2 Å². The average molecular weight is 283 g/mol. The van der Waals surface area contributed by atoms with Crippen LogP contribution in [0.5, 0.6) is 5.75 Å². The molecule has 1 aromatic carbocycles. The van der Waals surface area contributed by atoms with Gasteiger partial charge in [-0.2, -0.15) is 0 Å². The van der Waals surface area contributed by atoms with E-state index >= 15 is 0 Å². The number of benzene rings is 1. The Labute approximate surface area is 117 Å². The predicted octanol–water partition coefficient (Wildman–Crippen LogP) is 2.99. The first-order chi connectivity index (χ1) is 9.47. The van der Waals surface area contributed by atoms with Gasteiger partial charge in [0.25, 0.3) is 5.91 Å². The number of amides is 1. The van der Waals surface area contributed by atoms with Crippen LogP contribution < -0.4 is 4.74 Å². The van der Waals surface area contributed by atoms with Crippen molar-refractivity contribution >= 4 is 5.91 Å². The molecule has 1 aliphatic heterocycles. The molecule has 1 saturated heterocycles. The van der Waals surface area contributed by atoms with E-state index in [4.69, 9.17) is 4.74 Å². The molecule has 3 nitrogen and oxygen atoms in total. The molecule has 0 aromatic heterocycles. The second-order valence-electron chi connectivity index (χ2n) is 5.37. The third-order valence-electron chi connectivity index (χ3n) is 3.52. The highest BCUT2D eigenvalue weighted by molar-refractivity contribution is 5.81. The van der Waals surface area contributed by atoms with Gasteiger partial charge in [-0.1, -0.05) is 6.92 Å². The molecule has 0 aliphatic carbocycles. The molecule has 1 amide bonds. The van der Waals surface area contributed by atoms with E-state index in [1.807, 2.05) is 0 Å². The van der Waals surface area contributed by atoms with E-state index in [9.17, 15) is 13.6 Å². The molecule has 2 rings (SSSR count). The maximum atomic E-state index is 13.1. The molecule has 2 unspecified atom stereocenters. The second kappa shape index (κ2) is 6.20. The fourth-order valence-electron chi connectivity index (χ4n) is 2.45. The van der Waals surface area contributed by atoms with Gasteiger partial charge < -0.3 is 9.64 Å². The van der Waals surface area contributed by atoms with E-state index in [-0.39, 0.29) is 11.7 Å². The molecule has 1 aliphatic rings. The number of carbonyl (C=O) groups excluding carboxylic acids is 1. The Morgan fingerprint density at radius 3 is 2.80 bits per heavy atom. The predicted molar refractivity (Wildman–Crippen MR) is 71.4 cm³/mol. The monoisotopic (exact) mass is 283 g/mol. The number of nitrogens with zero attached hydrogens (tertiary/aromatic N) is 1. The molecule has 110 valence electrons. The minimum Gasteiger partial charge on any atom is -0.481 e. The van der Waals surface area contributed by atoms with Crippen LogP contribution in [0.2, 0.25) is 0 Å². The van der Waals surface area contributed by atoms with Gasteiger partial charge in [-0.3, -0.25) is 4.79 Å². The summed E-state index contributed by atoms with van der Waals surface area (Å²) in [5.41, 5.74) is 0. The average Bonchev–Trinajstić information content (AvgIpc) is 2.42. The van der Waals surface area contributed by atoms with Gasteiger partial charge >= 0.3 is 0 Å². The largest absolute Gasteiger partial charge is 0.481 e. The van der Waals surface area contributed by atoms with E-state index in [0.29, 0.717) is 5.92 Å². The Bertz CT molecular complexity index is 493. The van der Waals surface area contributed by atoms with E-state index in [2.05, 4.69) is 6.92 Å². The maximum Gasteiger partial charge on any atom is 0.263 e. The maximum absolute atomic E-state index is 13.1. The zero-order valence-corrected chi connectivity index (χ0v) is 11.7. The summed E-state index contributed by atoms with van der Waals surface area (Å²) in [6.07, 6.45) is 1.41. The normalized spacial score (nSPS) is 20.6. The number of hydrogen-bond donors (Lipinski definition) is 0. The lowest BCUT2D eigenvalue weighted by Crippen LogP contribution is -2.45.